The molecule has 48 heavy (non-hydrogen) atoms. The van der Waals surface area contributed by atoms with E-state index in [0.717, 1.165) is 0 Å². The van der Waals surface area contributed by atoms with Gasteiger partial charge in [-0.15, -0.1) is 11.3 Å². The van der Waals surface area contributed by atoms with Gasteiger partial charge >= 0.3 is 12.1 Å². The zero-order valence-electron chi connectivity index (χ0n) is 29.0. The number of nitrogens with one attached hydrogen (secondary N) is 4. The Labute approximate surface area is 290 Å². The summed E-state index contributed by atoms with van der Waals surface area (Å²) in [5.41, 5.74) is -0.710. The van der Waals surface area contributed by atoms with Crippen molar-refractivity contribution in [2.45, 2.75) is 110 Å². The van der Waals surface area contributed by atoms with Crippen molar-refractivity contribution in [2.24, 2.45) is 11.8 Å². The molecule has 270 valence electrons. The second kappa shape index (κ2) is 17.8. The molecule has 0 spiro atoms. The van der Waals surface area contributed by atoms with Crippen molar-refractivity contribution in [3.8, 4) is 0 Å². The van der Waals surface area contributed by atoms with Crippen LogP contribution in [0.1, 0.15) is 89.8 Å². The lowest BCUT2D eigenvalue weighted by atomic mass is 10.0. The largest absolute Gasteiger partial charge is 0.464 e. The molecule has 1 fully saturated rings. The number of rotatable bonds is 14. The van der Waals surface area contributed by atoms with Gasteiger partial charge in [-0.2, -0.15) is 0 Å². The van der Waals surface area contributed by atoms with Gasteiger partial charge in [0.25, 0.3) is 0 Å². The van der Waals surface area contributed by atoms with E-state index < -0.39 is 78.3 Å². The number of thiazole rings is 1. The maximum Gasteiger partial charge on any atom is 0.408 e. The fourth-order valence-electron chi connectivity index (χ4n) is 4.94. The summed E-state index contributed by atoms with van der Waals surface area (Å²) in [6.07, 6.45) is -1.10. The van der Waals surface area contributed by atoms with Crippen LogP contribution in [0.25, 0.3) is 0 Å². The Bertz CT molecular complexity index is 1310. The molecular formula is C31H50N6O9S2. The highest BCUT2D eigenvalue weighted by Gasteiger charge is 2.40. The van der Waals surface area contributed by atoms with Crippen molar-refractivity contribution >= 4 is 58.3 Å². The van der Waals surface area contributed by atoms with Gasteiger partial charge in [-0.3, -0.25) is 14.4 Å². The molecule has 0 saturated carbocycles. The summed E-state index contributed by atoms with van der Waals surface area (Å²) in [6.45, 7) is 13.3. The number of likely N-dealkylation sites (tertiary alicyclic amines) is 1. The Hall–Kier alpha value is -3.41. The Kier molecular flexibility index (Phi) is 15.1. The molecule has 15 nitrogen and oxygen atoms in total. The van der Waals surface area contributed by atoms with Gasteiger partial charge in [-0.25, -0.2) is 14.6 Å². The molecule has 6 atom stereocenters. The number of methoxy groups -OCH3 is 1. The molecule has 0 unspecified atom stereocenters. The number of hydrogen-bond acceptors (Lipinski definition) is 12. The van der Waals surface area contributed by atoms with Crippen LogP contribution >= 0.6 is 23.6 Å². The number of esters is 1. The minimum atomic E-state index is -1.39. The maximum absolute atomic E-state index is 13.9. The zero-order chi connectivity index (χ0) is 36.5. The first-order chi connectivity index (χ1) is 22.3. The van der Waals surface area contributed by atoms with E-state index in [0.29, 0.717) is 24.4 Å². The predicted octanol–water partition coefficient (Wildman–Crippen LogP) is 1.43. The average molecular weight is 715 g/mol. The van der Waals surface area contributed by atoms with Crippen molar-refractivity contribution in [3.63, 3.8) is 0 Å². The summed E-state index contributed by atoms with van der Waals surface area (Å²) in [5, 5.41) is 33.2. The van der Waals surface area contributed by atoms with E-state index in [2.05, 4.69) is 26.3 Å². The topological polar surface area (TPSA) is 209 Å². The molecule has 2 heterocycles. The molecular weight excluding hydrogens is 665 g/mol. The smallest absolute Gasteiger partial charge is 0.408 e. The Morgan fingerprint density at radius 1 is 1.02 bits per heavy atom. The van der Waals surface area contributed by atoms with Gasteiger partial charge in [0.1, 0.15) is 28.7 Å². The third-order valence-electron chi connectivity index (χ3n) is 7.47. The van der Waals surface area contributed by atoms with Gasteiger partial charge in [-0.05, 0) is 52.4 Å². The second-order valence-electron chi connectivity index (χ2n) is 13.3. The van der Waals surface area contributed by atoms with Crippen LogP contribution in [0.3, 0.4) is 0 Å². The standard InChI is InChI=1S/C31H50N6O9S2/c1-15(2)21(27-33-19(14-48-27)29(43)45-9)34-24(40)18(13-38)32-26(47)20-11-10-12-37(20)28(42)22(16(3)4)35-25(41)23(17(5)39)36-30(44)46-31(6,7)8/h14-18,20-23,38-39H,10-13H2,1-9H3,(H,32,47)(H,34,40)(H,35,41)(H,36,44)/t17-,18-,20-,21+,22-,23-/m0/s1. The van der Waals surface area contributed by atoms with Gasteiger partial charge in [0.05, 0.1) is 36.9 Å². The zero-order valence-corrected chi connectivity index (χ0v) is 30.6. The molecule has 4 amide bonds. The van der Waals surface area contributed by atoms with Crippen LogP contribution in [0, 0.1) is 11.8 Å². The minimum absolute atomic E-state index is 0.115. The average Bonchev–Trinajstić information content (AvgIpc) is 3.68. The van der Waals surface area contributed by atoms with E-state index in [4.69, 9.17) is 21.7 Å². The number of alkyl carbamates (subject to hydrolysis) is 1. The highest BCUT2D eigenvalue weighted by Crippen LogP contribution is 2.26. The van der Waals surface area contributed by atoms with Crippen LogP contribution in [-0.4, -0.2) is 111 Å². The van der Waals surface area contributed by atoms with E-state index >= 15 is 0 Å². The number of hydrogen-bond donors (Lipinski definition) is 6. The van der Waals surface area contributed by atoms with Crippen LogP contribution in [0.5, 0.6) is 0 Å². The SMILES string of the molecule is COC(=O)c1csc([C@H](NC(=O)[C@H](CO)NC(=S)[C@@H]2CCCN2C(=O)[C@@H](NC(=O)[C@@H](NC(=O)OC(C)(C)C)[C@H](C)O)C(C)C)C(C)C)n1. The number of amides is 4. The van der Waals surface area contributed by atoms with Gasteiger partial charge in [-0.1, -0.05) is 39.9 Å². The molecule has 0 bridgehead atoms. The fourth-order valence-corrected chi connectivity index (χ4v) is 6.33. The van der Waals surface area contributed by atoms with Crippen LogP contribution in [0.15, 0.2) is 5.38 Å². The molecule has 1 aromatic rings. The normalized spacial score (nSPS) is 17.9. The van der Waals surface area contributed by atoms with E-state index in [1.54, 1.807) is 40.0 Å². The molecule has 17 heteroatoms. The number of nitrogens with zero attached hydrogens (tertiary/aromatic N) is 2. The number of ether oxygens (including phenoxy) is 2. The first-order valence-electron chi connectivity index (χ1n) is 15.8. The monoisotopic (exact) mass is 714 g/mol. The van der Waals surface area contributed by atoms with Gasteiger partial charge < -0.3 is 45.9 Å². The summed E-state index contributed by atoms with van der Waals surface area (Å²) >= 11 is 6.84. The highest BCUT2D eigenvalue weighted by atomic mass is 32.1. The van der Waals surface area contributed by atoms with Crippen LogP contribution in [0.2, 0.25) is 0 Å². The first kappa shape index (κ1) is 40.8. The molecule has 1 aliphatic rings. The lowest BCUT2D eigenvalue weighted by Crippen LogP contribution is -2.60. The third kappa shape index (κ3) is 11.3. The summed E-state index contributed by atoms with van der Waals surface area (Å²) in [5.74, 6) is -2.85. The molecule has 6 N–H and O–H groups in total. The molecule has 0 aromatic carbocycles. The number of thiocarbonyl (C=S) groups is 1. The molecule has 1 aliphatic heterocycles. The lowest BCUT2D eigenvalue weighted by Gasteiger charge is -2.33. The number of carbonyl (C=O) groups excluding carboxylic acids is 5. The van der Waals surface area contributed by atoms with E-state index in [-0.39, 0.29) is 22.5 Å². The summed E-state index contributed by atoms with van der Waals surface area (Å²) in [4.78, 5) is 70.6. The van der Waals surface area contributed by atoms with Crippen molar-refractivity contribution in [1.29, 1.82) is 0 Å². The summed E-state index contributed by atoms with van der Waals surface area (Å²) < 4.78 is 9.93. The van der Waals surface area contributed by atoms with Gasteiger partial charge in [0.2, 0.25) is 17.7 Å². The Balaban J connectivity index is 2.15. The lowest BCUT2D eigenvalue weighted by molar-refractivity contribution is -0.138. The fraction of sp³-hybridized carbons (Fsp3) is 0.710. The quantitative estimate of drug-likeness (QED) is 0.120. The third-order valence-corrected chi connectivity index (χ3v) is 8.79. The Morgan fingerprint density at radius 2 is 1.67 bits per heavy atom. The van der Waals surface area contributed by atoms with Crippen molar-refractivity contribution in [1.82, 2.24) is 31.2 Å². The van der Waals surface area contributed by atoms with Crippen molar-refractivity contribution in [2.75, 3.05) is 20.3 Å². The van der Waals surface area contributed by atoms with Gasteiger partial charge in [0.15, 0.2) is 5.69 Å². The predicted molar refractivity (Wildman–Crippen MR) is 182 cm³/mol. The van der Waals surface area contributed by atoms with E-state index in [9.17, 15) is 34.2 Å². The van der Waals surface area contributed by atoms with Crippen molar-refractivity contribution < 1.29 is 43.7 Å². The van der Waals surface area contributed by atoms with Crippen LogP contribution < -0.4 is 21.3 Å². The second-order valence-corrected chi connectivity index (χ2v) is 14.7. The van der Waals surface area contributed by atoms with Crippen LogP contribution in [-0.2, 0) is 23.9 Å². The maximum atomic E-state index is 13.9. The summed E-state index contributed by atoms with van der Waals surface area (Å²) in [7, 11) is 1.25. The number of aromatic nitrogens is 1. The van der Waals surface area contributed by atoms with Gasteiger partial charge in [0, 0.05) is 11.9 Å². The van der Waals surface area contributed by atoms with Crippen molar-refractivity contribution in [3.05, 3.63) is 16.1 Å². The van der Waals surface area contributed by atoms with Crippen LogP contribution in [0.4, 0.5) is 4.79 Å². The molecule has 2 rings (SSSR count). The highest BCUT2D eigenvalue weighted by molar-refractivity contribution is 7.80. The molecule has 0 aliphatic carbocycles. The first-order valence-corrected chi connectivity index (χ1v) is 17.1. The van der Waals surface area contributed by atoms with E-state index in [1.165, 1.54) is 30.3 Å². The Morgan fingerprint density at radius 3 is 2.19 bits per heavy atom. The number of aliphatic hydroxyl groups excluding tert-OH is 2. The molecule has 1 aromatic heterocycles. The van der Waals surface area contributed by atoms with E-state index in [1.807, 2.05) is 13.8 Å². The number of aliphatic hydroxyl groups is 2. The minimum Gasteiger partial charge on any atom is -0.464 e. The molecule has 0 radical (unpaired) electrons. The molecule has 1 saturated heterocycles. The number of carbonyl (C=O) groups is 5. The summed E-state index contributed by atoms with van der Waals surface area (Å²) in [6, 6.07) is -4.76.